The minimum atomic E-state index is -3.70. The van der Waals surface area contributed by atoms with Gasteiger partial charge in [0, 0.05) is 17.1 Å². The largest absolute Gasteiger partial charge is 0.480 e. The predicted octanol–water partition coefficient (Wildman–Crippen LogP) is 3.54. The van der Waals surface area contributed by atoms with Gasteiger partial charge < -0.3 is 5.11 Å². The summed E-state index contributed by atoms with van der Waals surface area (Å²) in [4.78, 5) is 11.1. The summed E-state index contributed by atoms with van der Waals surface area (Å²) in [6, 6.07) is 2.02. The Hall–Kier alpha value is -0.790. The van der Waals surface area contributed by atoms with Crippen LogP contribution < -0.4 is 0 Å². The Morgan fingerprint density at radius 3 is 2.48 bits per heavy atom. The molecule has 9 heteroatoms. The third-order valence-electron chi connectivity index (χ3n) is 3.48. The molecule has 0 saturated carbocycles. The number of hydrogen-bond donors (Lipinski definition) is 1. The monoisotopic (exact) mass is 397 g/mol. The maximum atomic E-state index is 12.3. The first-order valence-electron chi connectivity index (χ1n) is 6.76. The molecular weight excluding hydrogens is 385 g/mol. The van der Waals surface area contributed by atoms with Crippen molar-refractivity contribution in [1.82, 2.24) is 4.31 Å². The van der Waals surface area contributed by atoms with Crippen molar-refractivity contribution >= 4 is 56.9 Å². The van der Waals surface area contributed by atoms with E-state index >= 15 is 0 Å². The molecule has 1 atom stereocenters. The quantitative estimate of drug-likeness (QED) is 0.823. The number of halogens is 3. The average Bonchev–Trinajstić information content (AvgIpc) is 2.92. The lowest BCUT2D eigenvalue weighted by atomic mass is 10.2. The molecule has 1 aromatic carbocycles. The summed E-state index contributed by atoms with van der Waals surface area (Å²) in [5.74, 6) is -1.45. The van der Waals surface area contributed by atoms with E-state index in [4.69, 9.17) is 39.9 Å². The number of rotatable bonds is 5. The Kier molecular flexibility index (Phi) is 5.97. The van der Waals surface area contributed by atoms with Crippen LogP contribution in [0.25, 0.3) is 6.08 Å². The molecule has 1 heterocycles. The second-order valence-corrected chi connectivity index (χ2v) is 8.29. The van der Waals surface area contributed by atoms with E-state index in [-0.39, 0.29) is 12.3 Å². The summed E-state index contributed by atoms with van der Waals surface area (Å²) in [5.41, 5.74) is 0.462. The summed E-state index contributed by atoms with van der Waals surface area (Å²) < 4.78 is 25.6. The van der Waals surface area contributed by atoms with Crippen molar-refractivity contribution < 1.29 is 18.3 Å². The Morgan fingerprint density at radius 2 is 1.91 bits per heavy atom. The van der Waals surface area contributed by atoms with Crippen LogP contribution in [-0.4, -0.2) is 42.1 Å². The van der Waals surface area contributed by atoms with E-state index in [0.717, 1.165) is 4.31 Å². The van der Waals surface area contributed by atoms with E-state index < -0.39 is 22.0 Å². The van der Waals surface area contributed by atoms with Crippen molar-refractivity contribution in [3.63, 3.8) is 0 Å². The number of aliphatic carboxylic acids is 1. The Balaban J connectivity index is 2.15. The molecule has 1 aliphatic rings. The van der Waals surface area contributed by atoms with Gasteiger partial charge in [0.1, 0.15) is 6.04 Å². The van der Waals surface area contributed by atoms with Gasteiger partial charge in [0.2, 0.25) is 10.0 Å². The zero-order chi connectivity index (χ0) is 17.2. The number of benzene rings is 1. The second-order valence-electron chi connectivity index (χ2n) is 5.07. The number of nitrogens with zero attached hydrogens (tertiary/aromatic N) is 1. The van der Waals surface area contributed by atoms with Crippen LogP contribution in [-0.2, 0) is 14.8 Å². The third kappa shape index (κ3) is 4.39. The molecule has 1 N–H and O–H groups in total. The van der Waals surface area contributed by atoms with E-state index in [1.165, 1.54) is 24.3 Å². The van der Waals surface area contributed by atoms with Crippen LogP contribution in [0.4, 0.5) is 0 Å². The van der Waals surface area contributed by atoms with Crippen LogP contribution in [0.15, 0.2) is 18.2 Å². The normalized spacial score (nSPS) is 19.5. The lowest BCUT2D eigenvalue weighted by Gasteiger charge is -2.19. The fourth-order valence-corrected chi connectivity index (χ4v) is 4.88. The standard InChI is InChI=1S/C14H14Cl3NO4S/c15-9-7-11(16)10(12(17)8-9)3-2-6-23(21,22)18-5-1-4-13(18)14(19)20/h2-3,7-8,13H,1,4-6H2,(H,19,20)/t13-/m0/s1. The molecule has 1 fully saturated rings. The minimum Gasteiger partial charge on any atom is -0.480 e. The van der Waals surface area contributed by atoms with Crippen LogP contribution in [0.3, 0.4) is 0 Å². The Bertz CT molecular complexity index is 725. The highest BCUT2D eigenvalue weighted by Gasteiger charge is 2.37. The summed E-state index contributed by atoms with van der Waals surface area (Å²) in [5, 5.41) is 10.1. The van der Waals surface area contributed by atoms with Gasteiger partial charge in [-0.3, -0.25) is 4.79 Å². The maximum Gasteiger partial charge on any atom is 0.322 e. The number of hydrogen-bond acceptors (Lipinski definition) is 3. The van der Waals surface area contributed by atoms with Gasteiger partial charge in [-0.05, 0) is 25.0 Å². The molecule has 0 aromatic heterocycles. The number of carboxylic acids is 1. The van der Waals surface area contributed by atoms with Gasteiger partial charge in [-0.25, -0.2) is 8.42 Å². The predicted molar refractivity (Wildman–Crippen MR) is 91.7 cm³/mol. The highest BCUT2D eigenvalue weighted by Crippen LogP contribution is 2.30. The molecule has 2 rings (SSSR count). The maximum absolute atomic E-state index is 12.3. The fourth-order valence-electron chi connectivity index (χ4n) is 2.42. The molecule has 0 radical (unpaired) electrons. The molecule has 1 saturated heterocycles. The van der Waals surface area contributed by atoms with E-state index in [0.29, 0.717) is 33.5 Å². The van der Waals surface area contributed by atoms with E-state index in [1.54, 1.807) is 0 Å². The molecule has 1 aromatic rings. The molecule has 0 spiro atoms. The molecule has 0 bridgehead atoms. The molecule has 23 heavy (non-hydrogen) atoms. The lowest BCUT2D eigenvalue weighted by molar-refractivity contribution is -0.140. The van der Waals surface area contributed by atoms with Crippen molar-refractivity contribution in [2.75, 3.05) is 12.3 Å². The van der Waals surface area contributed by atoms with Crippen LogP contribution in [0.2, 0.25) is 15.1 Å². The molecule has 5 nitrogen and oxygen atoms in total. The zero-order valence-corrected chi connectivity index (χ0v) is 15.0. The highest BCUT2D eigenvalue weighted by atomic mass is 35.5. The first kappa shape index (κ1) is 18.5. The van der Waals surface area contributed by atoms with Crippen LogP contribution in [0.5, 0.6) is 0 Å². The van der Waals surface area contributed by atoms with Crippen LogP contribution in [0, 0.1) is 0 Å². The minimum absolute atomic E-state index is 0.218. The molecule has 0 amide bonds. The van der Waals surface area contributed by atoms with Crippen molar-refractivity contribution in [3.8, 4) is 0 Å². The van der Waals surface area contributed by atoms with E-state index in [1.807, 2.05) is 0 Å². The number of carbonyl (C=O) groups is 1. The van der Waals surface area contributed by atoms with Gasteiger partial charge in [-0.2, -0.15) is 4.31 Å². The van der Waals surface area contributed by atoms with Crippen molar-refractivity contribution in [1.29, 1.82) is 0 Å². The smallest absolute Gasteiger partial charge is 0.322 e. The topological polar surface area (TPSA) is 74.7 Å². The molecule has 0 unspecified atom stereocenters. The summed E-state index contributed by atoms with van der Waals surface area (Å²) >= 11 is 17.8. The van der Waals surface area contributed by atoms with Gasteiger partial charge in [-0.15, -0.1) is 0 Å². The average molecular weight is 399 g/mol. The first-order valence-corrected chi connectivity index (χ1v) is 9.50. The van der Waals surface area contributed by atoms with Gasteiger partial charge in [-0.1, -0.05) is 47.0 Å². The van der Waals surface area contributed by atoms with Gasteiger partial charge in [0.15, 0.2) is 0 Å². The van der Waals surface area contributed by atoms with Gasteiger partial charge in [0.05, 0.1) is 15.8 Å². The molecule has 0 aliphatic carbocycles. The Labute approximate surface area is 149 Å². The van der Waals surface area contributed by atoms with Crippen molar-refractivity contribution in [2.24, 2.45) is 0 Å². The number of sulfonamides is 1. The van der Waals surface area contributed by atoms with Crippen molar-refractivity contribution in [3.05, 3.63) is 38.8 Å². The number of carboxylic acid groups (broad SMARTS) is 1. The summed E-state index contributed by atoms with van der Waals surface area (Å²) in [7, 11) is -3.70. The van der Waals surface area contributed by atoms with Gasteiger partial charge >= 0.3 is 5.97 Å². The van der Waals surface area contributed by atoms with E-state index in [9.17, 15) is 13.2 Å². The van der Waals surface area contributed by atoms with Crippen molar-refractivity contribution in [2.45, 2.75) is 18.9 Å². The SMILES string of the molecule is O=C(O)[C@@H]1CCCN1S(=O)(=O)CC=Cc1c(Cl)cc(Cl)cc1Cl. The van der Waals surface area contributed by atoms with E-state index in [2.05, 4.69) is 0 Å². The molecule has 1 aliphatic heterocycles. The second kappa shape index (κ2) is 7.40. The summed E-state index contributed by atoms with van der Waals surface area (Å²) in [6.07, 6.45) is 3.75. The first-order chi connectivity index (χ1) is 10.7. The summed E-state index contributed by atoms with van der Waals surface area (Å²) in [6.45, 7) is 0.218. The molecular formula is C14H14Cl3NO4S. The Morgan fingerprint density at radius 1 is 1.30 bits per heavy atom. The van der Waals surface area contributed by atoms with Crippen LogP contribution in [0.1, 0.15) is 18.4 Å². The third-order valence-corrected chi connectivity index (χ3v) is 6.09. The zero-order valence-electron chi connectivity index (χ0n) is 11.9. The highest BCUT2D eigenvalue weighted by molar-refractivity contribution is 7.89. The fraction of sp³-hybridized carbons (Fsp3) is 0.357. The van der Waals surface area contributed by atoms with Crippen LogP contribution >= 0.6 is 34.8 Å². The lowest BCUT2D eigenvalue weighted by Crippen LogP contribution is -2.41. The molecule has 126 valence electrons. The van der Waals surface area contributed by atoms with Gasteiger partial charge in [0.25, 0.3) is 0 Å².